The summed E-state index contributed by atoms with van der Waals surface area (Å²) in [5.74, 6) is -0.110. The van der Waals surface area contributed by atoms with Crippen molar-refractivity contribution in [2.45, 2.75) is 24.7 Å². The van der Waals surface area contributed by atoms with Gasteiger partial charge >= 0.3 is 0 Å². The number of benzene rings is 2. The number of H-pyrrole nitrogens is 1. The quantitative estimate of drug-likeness (QED) is 0.580. The van der Waals surface area contributed by atoms with Gasteiger partial charge in [-0.15, -0.1) is 0 Å². The minimum Gasteiger partial charge on any atom is -0.355 e. The maximum absolute atomic E-state index is 12.2. The third-order valence-electron chi connectivity index (χ3n) is 4.45. The molecule has 0 aliphatic rings. The van der Waals surface area contributed by atoms with Crippen molar-refractivity contribution in [2.75, 3.05) is 6.54 Å². The molecule has 4 N–H and O–H groups in total. The zero-order valence-corrected chi connectivity index (χ0v) is 16.2. The lowest BCUT2D eigenvalue weighted by Gasteiger charge is -2.07. The van der Waals surface area contributed by atoms with Crippen molar-refractivity contribution < 1.29 is 13.2 Å². The van der Waals surface area contributed by atoms with Gasteiger partial charge in [-0.05, 0) is 60.2 Å². The SMILES string of the molecule is Cc1cc2cc(CC(=O)NCCc3ccc(S(N)(=O)=O)cc3)ccc2[nH]c1=O. The minimum atomic E-state index is -3.70. The van der Waals surface area contributed by atoms with Crippen LogP contribution in [-0.4, -0.2) is 25.9 Å². The van der Waals surface area contributed by atoms with Crippen LogP contribution >= 0.6 is 0 Å². The fraction of sp³-hybridized carbons (Fsp3) is 0.200. The first-order chi connectivity index (χ1) is 13.2. The summed E-state index contributed by atoms with van der Waals surface area (Å²) in [6.07, 6.45) is 0.813. The molecule has 0 saturated heterocycles. The Labute approximate surface area is 162 Å². The average molecular weight is 399 g/mol. The Hall–Kier alpha value is -2.97. The van der Waals surface area contributed by atoms with Crippen LogP contribution < -0.4 is 16.0 Å². The molecular weight excluding hydrogens is 378 g/mol. The number of rotatable bonds is 6. The van der Waals surface area contributed by atoms with Crippen molar-refractivity contribution in [3.05, 3.63) is 75.6 Å². The van der Waals surface area contributed by atoms with E-state index in [-0.39, 0.29) is 22.8 Å². The Bertz CT molecular complexity index is 1180. The van der Waals surface area contributed by atoms with E-state index in [0.717, 1.165) is 22.0 Å². The van der Waals surface area contributed by atoms with Crippen LogP contribution in [0.4, 0.5) is 0 Å². The van der Waals surface area contributed by atoms with Crippen LogP contribution in [0.3, 0.4) is 0 Å². The third-order valence-corrected chi connectivity index (χ3v) is 5.38. The third kappa shape index (κ3) is 4.85. The van der Waals surface area contributed by atoms with Crippen LogP contribution in [-0.2, 0) is 27.7 Å². The summed E-state index contributed by atoms with van der Waals surface area (Å²) in [5, 5.41) is 8.81. The lowest BCUT2D eigenvalue weighted by molar-refractivity contribution is -0.120. The van der Waals surface area contributed by atoms with Gasteiger partial charge in [0.1, 0.15) is 0 Å². The first kappa shape index (κ1) is 19.8. The van der Waals surface area contributed by atoms with Crippen molar-refractivity contribution in [1.29, 1.82) is 0 Å². The lowest BCUT2D eigenvalue weighted by atomic mass is 10.1. The van der Waals surface area contributed by atoms with Gasteiger partial charge in [-0.25, -0.2) is 13.6 Å². The van der Waals surface area contributed by atoms with E-state index in [1.807, 2.05) is 12.1 Å². The van der Waals surface area contributed by atoms with Gasteiger partial charge in [0, 0.05) is 17.6 Å². The molecular formula is C20H21N3O4S. The van der Waals surface area contributed by atoms with Gasteiger partial charge in [0.2, 0.25) is 15.9 Å². The summed E-state index contributed by atoms with van der Waals surface area (Å²) in [5.41, 5.74) is 3.01. The number of sulfonamides is 1. The van der Waals surface area contributed by atoms with Gasteiger partial charge in [0.05, 0.1) is 11.3 Å². The Morgan fingerprint density at radius 1 is 1.07 bits per heavy atom. The molecule has 0 aliphatic heterocycles. The second kappa shape index (κ2) is 7.95. The maximum atomic E-state index is 12.2. The molecule has 3 aromatic rings. The van der Waals surface area contributed by atoms with E-state index in [9.17, 15) is 18.0 Å². The maximum Gasteiger partial charge on any atom is 0.251 e. The summed E-state index contributed by atoms with van der Waals surface area (Å²) in [7, 11) is -3.70. The first-order valence-corrected chi connectivity index (χ1v) is 10.3. The molecule has 8 heteroatoms. The number of carbonyl (C=O) groups excluding carboxylic acids is 1. The second-order valence-electron chi connectivity index (χ2n) is 6.67. The van der Waals surface area contributed by atoms with Crippen LogP contribution in [0.2, 0.25) is 0 Å². The highest BCUT2D eigenvalue weighted by Gasteiger charge is 2.08. The van der Waals surface area contributed by atoms with E-state index in [4.69, 9.17) is 5.14 Å². The van der Waals surface area contributed by atoms with E-state index in [2.05, 4.69) is 10.3 Å². The van der Waals surface area contributed by atoms with E-state index in [0.29, 0.717) is 18.5 Å². The van der Waals surface area contributed by atoms with E-state index in [1.54, 1.807) is 31.2 Å². The second-order valence-corrected chi connectivity index (χ2v) is 8.23. The number of nitrogens with two attached hydrogens (primary N) is 1. The molecule has 3 rings (SSSR count). The summed E-state index contributed by atoms with van der Waals surface area (Å²) < 4.78 is 22.5. The van der Waals surface area contributed by atoms with Gasteiger partial charge in [-0.2, -0.15) is 0 Å². The smallest absolute Gasteiger partial charge is 0.251 e. The Balaban J connectivity index is 1.56. The highest BCUT2D eigenvalue weighted by Crippen LogP contribution is 2.14. The molecule has 0 saturated carbocycles. The molecule has 7 nitrogen and oxygen atoms in total. The average Bonchev–Trinajstić information content (AvgIpc) is 2.62. The highest BCUT2D eigenvalue weighted by atomic mass is 32.2. The predicted molar refractivity (Wildman–Crippen MR) is 108 cm³/mol. The van der Waals surface area contributed by atoms with Crippen molar-refractivity contribution in [3.63, 3.8) is 0 Å². The summed E-state index contributed by atoms with van der Waals surface area (Å²) in [6, 6.07) is 13.6. The number of fused-ring (bicyclic) bond motifs is 1. The summed E-state index contributed by atoms with van der Waals surface area (Å²) in [6.45, 7) is 2.18. The number of amides is 1. The minimum absolute atomic E-state index is 0.0631. The van der Waals surface area contributed by atoms with Crippen LogP contribution in [0, 0.1) is 6.92 Å². The van der Waals surface area contributed by atoms with Crippen LogP contribution in [0.1, 0.15) is 16.7 Å². The van der Waals surface area contributed by atoms with Gasteiger partial charge in [-0.3, -0.25) is 9.59 Å². The monoisotopic (exact) mass is 399 g/mol. The molecule has 1 heterocycles. The Kier molecular flexibility index (Phi) is 5.62. The van der Waals surface area contributed by atoms with Gasteiger partial charge in [-0.1, -0.05) is 18.2 Å². The molecule has 0 bridgehead atoms. The molecule has 146 valence electrons. The van der Waals surface area contributed by atoms with E-state index < -0.39 is 10.0 Å². The van der Waals surface area contributed by atoms with Crippen molar-refractivity contribution in [3.8, 4) is 0 Å². The lowest BCUT2D eigenvalue weighted by Crippen LogP contribution is -2.27. The largest absolute Gasteiger partial charge is 0.355 e. The molecule has 1 aromatic heterocycles. The van der Waals surface area contributed by atoms with Gasteiger partial charge in [0.25, 0.3) is 5.56 Å². The number of aryl methyl sites for hydroxylation is 1. The van der Waals surface area contributed by atoms with Gasteiger partial charge < -0.3 is 10.3 Å². The van der Waals surface area contributed by atoms with Crippen molar-refractivity contribution >= 4 is 26.8 Å². The molecule has 0 atom stereocenters. The molecule has 0 radical (unpaired) electrons. The number of nitrogens with one attached hydrogen (secondary N) is 2. The number of carbonyl (C=O) groups is 1. The topological polar surface area (TPSA) is 122 Å². The number of aromatic amines is 1. The molecule has 0 spiro atoms. The van der Waals surface area contributed by atoms with Crippen LogP contribution in [0.25, 0.3) is 10.9 Å². The van der Waals surface area contributed by atoms with Crippen molar-refractivity contribution in [1.82, 2.24) is 10.3 Å². The first-order valence-electron chi connectivity index (χ1n) is 8.73. The summed E-state index contributed by atoms with van der Waals surface area (Å²) in [4.78, 5) is 26.7. The zero-order chi connectivity index (χ0) is 20.3. The van der Waals surface area contributed by atoms with E-state index >= 15 is 0 Å². The van der Waals surface area contributed by atoms with Crippen LogP contribution in [0.15, 0.2) is 58.2 Å². The zero-order valence-electron chi connectivity index (χ0n) is 15.4. The predicted octanol–water partition coefficient (Wildman–Crippen LogP) is 1.39. The molecule has 1 amide bonds. The number of primary sulfonamides is 1. The number of hydrogen-bond acceptors (Lipinski definition) is 4. The van der Waals surface area contributed by atoms with Gasteiger partial charge in [0.15, 0.2) is 0 Å². The van der Waals surface area contributed by atoms with Crippen molar-refractivity contribution in [2.24, 2.45) is 5.14 Å². The summed E-state index contributed by atoms with van der Waals surface area (Å²) >= 11 is 0. The number of hydrogen-bond donors (Lipinski definition) is 3. The van der Waals surface area contributed by atoms with E-state index in [1.165, 1.54) is 12.1 Å². The fourth-order valence-corrected chi connectivity index (χ4v) is 3.43. The molecule has 0 fully saturated rings. The molecule has 0 aliphatic carbocycles. The Morgan fingerprint density at radius 2 is 1.75 bits per heavy atom. The molecule has 0 unspecified atom stereocenters. The number of pyridine rings is 1. The molecule has 28 heavy (non-hydrogen) atoms. The fourth-order valence-electron chi connectivity index (χ4n) is 2.92. The number of aromatic nitrogens is 1. The Morgan fingerprint density at radius 3 is 2.43 bits per heavy atom. The highest BCUT2D eigenvalue weighted by molar-refractivity contribution is 7.89. The molecule has 2 aromatic carbocycles. The normalized spacial score (nSPS) is 11.5. The standard InChI is InChI=1S/C20H21N3O4S/c1-13-10-16-11-15(4-7-18(16)23-20(13)25)12-19(24)22-9-8-14-2-5-17(6-3-14)28(21,26)27/h2-7,10-11H,8-9,12H2,1H3,(H,22,24)(H,23,25)(H2,21,26,27). The van der Waals surface area contributed by atoms with Crippen LogP contribution in [0.5, 0.6) is 0 Å².